The van der Waals surface area contributed by atoms with Crippen LogP contribution in [0.2, 0.25) is 0 Å². The molecule has 1 heterocycles. The second-order valence-corrected chi connectivity index (χ2v) is 8.10. The number of methoxy groups -OCH3 is 2. The molecule has 2 amide bonds. The summed E-state index contributed by atoms with van der Waals surface area (Å²) in [5.41, 5.74) is -0.100. The number of nitriles is 1. The topological polar surface area (TPSA) is 113 Å². The van der Waals surface area contributed by atoms with Crippen LogP contribution in [0.25, 0.3) is 0 Å². The second kappa shape index (κ2) is 10.6. The van der Waals surface area contributed by atoms with Crippen LogP contribution in [0.1, 0.15) is 33.6 Å². The summed E-state index contributed by atoms with van der Waals surface area (Å²) in [7, 11) is 3.03. The van der Waals surface area contributed by atoms with Crippen LogP contribution in [-0.4, -0.2) is 55.9 Å². The minimum absolute atomic E-state index is 0.0515. The first-order valence-electron chi connectivity index (χ1n) is 10.0. The first kappa shape index (κ1) is 23.9. The van der Waals surface area contributed by atoms with Gasteiger partial charge in [0.1, 0.15) is 17.2 Å². The molecular weight excluding hydrogens is 400 g/mol. The highest BCUT2D eigenvalue weighted by molar-refractivity contribution is 6.06. The van der Waals surface area contributed by atoms with Gasteiger partial charge in [0.15, 0.2) is 11.5 Å². The molecule has 0 unspecified atom stereocenters. The molecule has 0 saturated carbocycles. The Kier molecular flexibility index (Phi) is 8.14. The van der Waals surface area contributed by atoms with E-state index in [1.165, 1.54) is 20.4 Å². The number of anilines is 1. The Morgan fingerprint density at radius 1 is 1.16 bits per heavy atom. The number of carbonyl (C=O) groups excluding carboxylic acids is 2. The number of hydrogen-bond donors (Lipinski definition) is 2. The van der Waals surface area contributed by atoms with E-state index >= 15 is 0 Å². The van der Waals surface area contributed by atoms with E-state index in [2.05, 4.69) is 10.6 Å². The molecule has 0 bridgehead atoms. The molecule has 0 atom stereocenters. The zero-order chi connectivity index (χ0) is 23.0. The SMILES string of the molecule is COc1ccc(NC(=O)/C(C#N)=C\NC2CCN(C(=O)OC(C)(C)C)CC2)cc1OC. The number of amides is 2. The van der Waals surface area contributed by atoms with Crippen LogP contribution in [0.5, 0.6) is 11.5 Å². The highest BCUT2D eigenvalue weighted by atomic mass is 16.6. The van der Waals surface area contributed by atoms with Gasteiger partial charge in [0.05, 0.1) is 14.2 Å². The molecule has 1 fully saturated rings. The average Bonchev–Trinajstić information content (AvgIpc) is 2.73. The number of rotatable bonds is 6. The largest absolute Gasteiger partial charge is 0.493 e. The van der Waals surface area contributed by atoms with Crippen molar-refractivity contribution >= 4 is 17.7 Å². The predicted molar refractivity (Wildman–Crippen MR) is 116 cm³/mol. The Morgan fingerprint density at radius 3 is 2.35 bits per heavy atom. The van der Waals surface area contributed by atoms with Crippen LogP contribution in [0.15, 0.2) is 30.0 Å². The van der Waals surface area contributed by atoms with Crippen molar-refractivity contribution in [1.82, 2.24) is 10.2 Å². The molecule has 0 aliphatic carbocycles. The van der Waals surface area contributed by atoms with Crippen LogP contribution in [-0.2, 0) is 9.53 Å². The van der Waals surface area contributed by atoms with E-state index in [1.54, 1.807) is 23.1 Å². The number of benzene rings is 1. The molecule has 1 aromatic rings. The summed E-state index contributed by atoms with van der Waals surface area (Å²) in [6, 6.07) is 6.91. The van der Waals surface area contributed by atoms with Crippen LogP contribution >= 0.6 is 0 Å². The third-order valence-corrected chi connectivity index (χ3v) is 4.62. The summed E-state index contributed by atoms with van der Waals surface area (Å²) in [6.45, 7) is 6.59. The van der Waals surface area contributed by atoms with Gasteiger partial charge in [0.2, 0.25) is 0 Å². The summed E-state index contributed by atoms with van der Waals surface area (Å²) in [4.78, 5) is 26.3. The lowest BCUT2D eigenvalue weighted by atomic mass is 10.1. The minimum Gasteiger partial charge on any atom is -0.493 e. The third kappa shape index (κ3) is 7.10. The number of likely N-dealkylation sites (tertiary alicyclic amines) is 1. The molecule has 9 nitrogen and oxygen atoms in total. The normalized spacial score (nSPS) is 15.0. The van der Waals surface area contributed by atoms with Gasteiger partial charge in [0, 0.05) is 37.1 Å². The molecule has 1 aliphatic heterocycles. The van der Waals surface area contributed by atoms with Crippen molar-refractivity contribution in [3.05, 3.63) is 30.0 Å². The van der Waals surface area contributed by atoms with E-state index in [-0.39, 0.29) is 17.7 Å². The lowest BCUT2D eigenvalue weighted by Gasteiger charge is -2.33. The number of nitrogens with zero attached hydrogens (tertiary/aromatic N) is 2. The van der Waals surface area contributed by atoms with E-state index in [9.17, 15) is 14.9 Å². The molecule has 0 spiro atoms. The van der Waals surface area contributed by atoms with Gasteiger partial charge in [-0.15, -0.1) is 0 Å². The number of nitrogens with one attached hydrogen (secondary N) is 2. The molecule has 0 radical (unpaired) electrons. The van der Waals surface area contributed by atoms with Crippen molar-refractivity contribution in [2.24, 2.45) is 0 Å². The molecule has 1 aliphatic rings. The first-order valence-corrected chi connectivity index (χ1v) is 10.0. The van der Waals surface area contributed by atoms with Crippen LogP contribution in [0, 0.1) is 11.3 Å². The Bertz CT molecular complexity index is 862. The maximum atomic E-state index is 12.5. The Morgan fingerprint density at radius 2 is 1.81 bits per heavy atom. The summed E-state index contributed by atoms with van der Waals surface area (Å²) >= 11 is 0. The average molecular weight is 431 g/mol. The molecule has 2 rings (SSSR count). The minimum atomic E-state index is -0.534. The van der Waals surface area contributed by atoms with Crippen LogP contribution in [0.3, 0.4) is 0 Å². The van der Waals surface area contributed by atoms with Crippen molar-refractivity contribution in [3.8, 4) is 17.6 Å². The molecule has 2 N–H and O–H groups in total. The predicted octanol–water partition coefficient (Wildman–Crippen LogP) is 3.04. The van der Waals surface area contributed by atoms with E-state index in [0.717, 1.165) is 0 Å². The number of carbonyl (C=O) groups is 2. The standard InChI is InChI=1S/C22H30N4O5/c1-22(2,3)31-21(28)26-10-8-16(9-11-26)24-14-15(13-23)20(27)25-17-6-7-18(29-4)19(12-17)30-5/h6-7,12,14,16,24H,8-11H2,1-5H3,(H,25,27)/b15-14-. The first-order chi connectivity index (χ1) is 14.7. The van der Waals surface area contributed by atoms with Gasteiger partial charge in [-0.2, -0.15) is 5.26 Å². The Hall–Kier alpha value is -3.41. The molecule has 1 saturated heterocycles. The lowest BCUT2D eigenvalue weighted by molar-refractivity contribution is -0.112. The summed E-state index contributed by atoms with van der Waals surface area (Å²) in [6.07, 6.45) is 2.47. The highest BCUT2D eigenvalue weighted by Gasteiger charge is 2.26. The fourth-order valence-corrected chi connectivity index (χ4v) is 3.02. The summed E-state index contributed by atoms with van der Waals surface area (Å²) < 4.78 is 15.8. The molecule has 9 heteroatoms. The van der Waals surface area contributed by atoms with Crippen molar-refractivity contribution in [3.63, 3.8) is 0 Å². The van der Waals surface area contributed by atoms with E-state index < -0.39 is 11.5 Å². The van der Waals surface area contributed by atoms with Gasteiger partial charge in [-0.1, -0.05) is 0 Å². The number of ether oxygens (including phenoxy) is 3. The van der Waals surface area contributed by atoms with E-state index in [4.69, 9.17) is 14.2 Å². The molecule has 31 heavy (non-hydrogen) atoms. The van der Waals surface area contributed by atoms with Gasteiger partial charge in [-0.25, -0.2) is 4.79 Å². The molecule has 0 aromatic heterocycles. The van der Waals surface area contributed by atoms with Gasteiger partial charge in [0.25, 0.3) is 5.91 Å². The summed E-state index contributed by atoms with van der Waals surface area (Å²) in [5.74, 6) is 0.474. The zero-order valence-corrected chi connectivity index (χ0v) is 18.7. The van der Waals surface area contributed by atoms with Crippen molar-refractivity contribution < 1.29 is 23.8 Å². The monoisotopic (exact) mass is 430 g/mol. The van der Waals surface area contributed by atoms with Gasteiger partial charge >= 0.3 is 6.09 Å². The smallest absolute Gasteiger partial charge is 0.410 e. The van der Waals surface area contributed by atoms with Gasteiger partial charge in [-0.3, -0.25) is 4.79 Å². The fraction of sp³-hybridized carbons (Fsp3) is 0.500. The van der Waals surface area contributed by atoms with Crippen LogP contribution in [0.4, 0.5) is 10.5 Å². The lowest BCUT2D eigenvalue weighted by Crippen LogP contribution is -2.45. The maximum absolute atomic E-state index is 12.5. The van der Waals surface area contributed by atoms with Crippen molar-refractivity contribution in [2.45, 2.75) is 45.3 Å². The van der Waals surface area contributed by atoms with E-state index in [0.29, 0.717) is 43.1 Å². The Balaban J connectivity index is 1.91. The maximum Gasteiger partial charge on any atom is 0.410 e. The van der Waals surface area contributed by atoms with Crippen LogP contribution < -0.4 is 20.1 Å². The number of piperidine rings is 1. The fourth-order valence-electron chi connectivity index (χ4n) is 3.02. The zero-order valence-electron chi connectivity index (χ0n) is 18.7. The van der Waals surface area contributed by atoms with Crippen molar-refractivity contribution in [1.29, 1.82) is 5.26 Å². The number of hydrogen-bond acceptors (Lipinski definition) is 7. The van der Waals surface area contributed by atoms with Crippen molar-refractivity contribution in [2.75, 3.05) is 32.6 Å². The highest BCUT2D eigenvalue weighted by Crippen LogP contribution is 2.29. The quantitative estimate of drug-likeness (QED) is 0.527. The molecular formula is C22H30N4O5. The summed E-state index contributed by atoms with van der Waals surface area (Å²) in [5, 5.41) is 15.2. The third-order valence-electron chi connectivity index (χ3n) is 4.62. The van der Waals surface area contributed by atoms with Gasteiger partial charge < -0.3 is 29.7 Å². The molecule has 168 valence electrons. The van der Waals surface area contributed by atoms with Gasteiger partial charge in [-0.05, 0) is 45.7 Å². The Labute approximate surface area is 182 Å². The second-order valence-electron chi connectivity index (χ2n) is 8.10. The van der Waals surface area contributed by atoms with E-state index in [1.807, 2.05) is 26.8 Å². The molecule has 1 aromatic carbocycles.